The van der Waals surface area contributed by atoms with Gasteiger partial charge in [-0.2, -0.15) is 16.9 Å². The molecule has 1 saturated heterocycles. The van der Waals surface area contributed by atoms with Crippen molar-refractivity contribution in [2.45, 2.75) is 25.1 Å². The summed E-state index contributed by atoms with van der Waals surface area (Å²) in [7, 11) is 1.84. The fourth-order valence-corrected chi connectivity index (χ4v) is 4.29. The highest BCUT2D eigenvalue weighted by atomic mass is 32.2. The van der Waals surface area contributed by atoms with E-state index in [9.17, 15) is 4.79 Å². The van der Waals surface area contributed by atoms with Crippen LogP contribution in [0.3, 0.4) is 0 Å². The fourth-order valence-electron chi connectivity index (χ4n) is 3.23. The summed E-state index contributed by atoms with van der Waals surface area (Å²) >= 11 is 3.09. The lowest BCUT2D eigenvalue weighted by molar-refractivity contribution is 0.122. The van der Waals surface area contributed by atoms with Crippen molar-refractivity contribution in [1.29, 1.82) is 0 Å². The van der Waals surface area contributed by atoms with Gasteiger partial charge in [0.05, 0.1) is 40.9 Å². The molecule has 2 N–H and O–H groups in total. The summed E-state index contributed by atoms with van der Waals surface area (Å²) in [6.07, 6.45) is 7.35. The predicted octanol–water partition coefficient (Wildman–Crippen LogP) is 3.09. The van der Waals surface area contributed by atoms with Crippen LogP contribution in [0, 0.1) is 0 Å². The second kappa shape index (κ2) is 10.1. The van der Waals surface area contributed by atoms with E-state index in [0.717, 1.165) is 35.0 Å². The first kappa shape index (κ1) is 23.5. The number of hydrogen-bond acceptors (Lipinski definition) is 9. The monoisotopic (exact) mass is 488 g/mol. The molecule has 0 radical (unpaired) electrons. The minimum absolute atomic E-state index is 0.170. The van der Waals surface area contributed by atoms with E-state index in [2.05, 4.69) is 51.8 Å². The molecular formula is C21H28N8O2S2. The molecule has 0 atom stereocenters. The zero-order valence-electron chi connectivity index (χ0n) is 19.2. The molecule has 4 rings (SSSR count). The Bertz CT molecular complexity index is 1110. The maximum Gasteiger partial charge on any atom is 0.321 e. The van der Waals surface area contributed by atoms with Crippen molar-refractivity contribution in [3.8, 4) is 10.7 Å². The number of carbonyl (C=O) groups excluding carboxylic acids is 1. The van der Waals surface area contributed by atoms with Crippen LogP contribution in [0.1, 0.15) is 25.1 Å². The Kier molecular flexibility index (Phi) is 7.15. The number of thiazole rings is 1. The predicted molar refractivity (Wildman–Crippen MR) is 132 cm³/mol. The van der Waals surface area contributed by atoms with Crippen LogP contribution in [-0.2, 0) is 23.1 Å². The Balaban J connectivity index is 1.52. The van der Waals surface area contributed by atoms with Gasteiger partial charge < -0.3 is 15.0 Å². The molecule has 0 spiro atoms. The normalized spacial score (nSPS) is 14.4. The molecule has 1 fully saturated rings. The van der Waals surface area contributed by atoms with E-state index in [0.29, 0.717) is 30.7 Å². The van der Waals surface area contributed by atoms with E-state index in [1.54, 1.807) is 28.8 Å². The Morgan fingerprint density at radius 3 is 2.76 bits per heavy atom. The van der Waals surface area contributed by atoms with E-state index < -0.39 is 0 Å². The standard InChI is InChI=1S/C21H28N8O2S2/c1-21(2,32-4)16-9-17(29-5-7-31-8-6-29)26-18(25-16)15-12-23-20(33-15)27-19(30)22-10-14-11-24-28(3)13-14/h9,11-13H,5-8,10H2,1-4H3,(H2,22,23,27,30). The topological polar surface area (TPSA) is 110 Å². The summed E-state index contributed by atoms with van der Waals surface area (Å²) in [5, 5.41) is 10.2. The van der Waals surface area contributed by atoms with Gasteiger partial charge in [-0.1, -0.05) is 11.3 Å². The number of nitrogens with zero attached hydrogens (tertiary/aromatic N) is 6. The van der Waals surface area contributed by atoms with Gasteiger partial charge in [0.2, 0.25) is 0 Å². The van der Waals surface area contributed by atoms with Gasteiger partial charge in [0.15, 0.2) is 11.0 Å². The van der Waals surface area contributed by atoms with Crippen molar-refractivity contribution in [1.82, 2.24) is 30.0 Å². The summed E-state index contributed by atoms with van der Waals surface area (Å²) in [5.41, 5.74) is 1.88. The largest absolute Gasteiger partial charge is 0.378 e. The van der Waals surface area contributed by atoms with Crippen LogP contribution in [0.5, 0.6) is 0 Å². The van der Waals surface area contributed by atoms with Crippen LogP contribution in [0.2, 0.25) is 0 Å². The van der Waals surface area contributed by atoms with Crippen molar-refractivity contribution in [3.63, 3.8) is 0 Å². The highest BCUT2D eigenvalue weighted by molar-refractivity contribution is 7.99. The van der Waals surface area contributed by atoms with Gasteiger partial charge in [-0.05, 0) is 20.1 Å². The lowest BCUT2D eigenvalue weighted by Gasteiger charge is -2.30. The lowest BCUT2D eigenvalue weighted by Crippen LogP contribution is -2.37. The van der Waals surface area contributed by atoms with Gasteiger partial charge in [-0.3, -0.25) is 10.00 Å². The van der Waals surface area contributed by atoms with Crippen LogP contribution < -0.4 is 15.5 Å². The molecule has 33 heavy (non-hydrogen) atoms. The number of aromatic nitrogens is 5. The minimum Gasteiger partial charge on any atom is -0.378 e. The van der Waals surface area contributed by atoms with Gasteiger partial charge in [-0.25, -0.2) is 19.7 Å². The minimum atomic E-state index is -0.327. The molecule has 0 aliphatic carbocycles. The Hall–Kier alpha value is -2.70. The Morgan fingerprint density at radius 2 is 2.06 bits per heavy atom. The highest BCUT2D eigenvalue weighted by Gasteiger charge is 2.25. The molecule has 2 amide bonds. The highest BCUT2D eigenvalue weighted by Crippen LogP contribution is 2.36. The number of hydrogen-bond donors (Lipinski definition) is 2. The number of nitrogens with one attached hydrogen (secondary N) is 2. The third kappa shape index (κ3) is 5.81. The van der Waals surface area contributed by atoms with Crippen molar-refractivity contribution in [3.05, 3.63) is 35.9 Å². The smallest absolute Gasteiger partial charge is 0.321 e. The number of anilines is 2. The van der Waals surface area contributed by atoms with Gasteiger partial charge in [0.1, 0.15) is 5.82 Å². The number of amides is 2. The molecule has 3 aromatic heterocycles. The Morgan fingerprint density at radius 1 is 1.27 bits per heavy atom. The van der Waals surface area contributed by atoms with Crippen LogP contribution in [0.4, 0.5) is 15.7 Å². The number of urea groups is 1. The van der Waals surface area contributed by atoms with Crippen molar-refractivity contribution < 1.29 is 9.53 Å². The maximum atomic E-state index is 12.3. The molecule has 10 nitrogen and oxygen atoms in total. The number of morpholine rings is 1. The van der Waals surface area contributed by atoms with E-state index >= 15 is 0 Å². The van der Waals surface area contributed by atoms with Crippen LogP contribution >= 0.6 is 23.1 Å². The summed E-state index contributed by atoms with van der Waals surface area (Å²) in [5.74, 6) is 1.50. The molecule has 1 aliphatic rings. The Labute approximate surface area is 201 Å². The summed E-state index contributed by atoms with van der Waals surface area (Å²) < 4.78 is 7.02. The average Bonchev–Trinajstić information content (AvgIpc) is 3.47. The van der Waals surface area contributed by atoms with Crippen LogP contribution in [-0.4, -0.2) is 63.3 Å². The number of ether oxygens (including phenoxy) is 1. The van der Waals surface area contributed by atoms with E-state index in [-0.39, 0.29) is 10.8 Å². The zero-order chi connectivity index (χ0) is 23.4. The molecule has 0 aromatic carbocycles. The number of carbonyl (C=O) groups is 1. The fraction of sp³-hybridized carbons (Fsp3) is 0.476. The molecule has 12 heteroatoms. The average molecular weight is 489 g/mol. The molecule has 0 bridgehead atoms. The van der Waals surface area contributed by atoms with Crippen LogP contribution in [0.25, 0.3) is 10.7 Å². The van der Waals surface area contributed by atoms with Crippen molar-refractivity contribution >= 4 is 40.1 Å². The first-order valence-electron chi connectivity index (χ1n) is 10.6. The lowest BCUT2D eigenvalue weighted by atomic mass is 10.1. The third-order valence-electron chi connectivity index (χ3n) is 5.33. The van der Waals surface area contributed by atoms with Crippen LogP contribution in [0.15, 0.2) is 24.7 Å². The summed E-state index contributed by atoms with van der Waals surface area (Å²) in [4.78, 5) is 29.3. The first-order valence-corrected chi connectivity index (χ1v) is 12.6. The SMILES string of the molecule is CSC(C)(C)c1cc(N2CCOCC2)nc(-c2cnc(NC(=O)NCc3cnn(C)c3)s2)n1. The first-order chi connectivity index (χ1) is 15.8. The second-order valence-corrected chi connectivity index (χ2v) is 10.6. The van der Waals surface area contributed by atoms with E-state index in [4.69, 9.17) is 14.7 Å². The number of aryl methyl sites for hydroxylation is 1. The molecule has 3 aromatic rings. The van der Waals surface area contributed by atoms with Gasteiger partial charge >= 0.3 is 6.03 Å². The quantitative estimate of drug-likeness (QED) is 0.522. The molecule has 0 saturated carbocycles. The molecular weight excluding hydrogens is 460 g/mol. The third-order valence-corrected chi connectivity index (χ3v) is 7.47. The van der Waals surface area contributed by atoms with Gasteiger partial charge in [0, 0.05) is 44.5 Å². The molecule has 176 valence electrons. The van der Waals surface area contributed by atoms with E-state index in [1.807, 2.05) is 13.2 Å². The molecule has 4 heterocycles. The zero-order valence-corrected chi connectivity index (χ0v) is 20.8. The number of thioether (sulfide) groups is 1. The summed E-state index contributed by atoms with van der Waals surface area (Å²) in [6.45, 7) is 7.64. The van der Waals surface area contributed by atoms with E-state index in [1.165, 1.54) is 11.3 Å². The summed E-state index contributed by atoms with van der Waals surface area (Å²) in [6, 6.07) is 1.74. The van der Waals surface area contributed by atoms with Gasteiger partial charge in [0.25, 0.3) is 0 Å². The van der Waals surface area contributed by atoms with Gasteiger partial charge in [-0.15, -0.1) is 0 Å². The second-order valence-electron chi connectivity index (χ2n) is 8.11. The molecule has 0 unspecified atom stereocenters. The van der Waals surface area contributed by atoms with Crippen molar-refractivity contribution in [2.75, 3.05) is 42.8 Å². The molecule has 1 aliphatic heterocycles. The maximum absolute atomic E-state index is 12.3. The number of rotatable bonds is 7. The van der Waals surface area contributed by atoms with Crippen molar-refractivity contribution in [2.24, 2.45) is 7.05 Å².